The first-order valence-electron chi connectivity index (χ1n) is 6.88. The monoisotopic (exact) mass is 291 g/mol. The standard InChI is InChI=1S/C15H18ClN3O/c1-8(2)11-5-18-15(19-7-13(20)9(19)3)12-6-17-14(16)4-10(11)12/h4-6,8-9,13,20H,7H2,1-3H3/t9-,13-/m1/s1. The van der Waals surface area contributed by atoms with Crippen molar-refractivity contribution < 1.29 is 5.11 Å². The lowest BCUT2D eigenvalue weighted by Gasteiger charge is -2.44. The summed E-state index contributed by atoms with van der Waals surface area (Å²) in [5.41, 5.74) is 1.17. The van der Waals surface area contributed by atoms with Crippen molar-refractivity contribution in [2.45, 2.75) is 38.8 Å². The third-order valence-corrected chi connectivity index (χ3v) is 4.28. The molecule has 0 bridgehead atoms. The molecule has 0 aliphatic carbocycles. The Hall–Kier alpha value is -1.39. The molecule has 1 N–H and O–H groups in total. The molecule has 20 heavy (non-hydrogen) atoms. The van der Waals surface area contributed by atoms with E-state index in [-0.39, 0.29) is 12.1 Å². The van der Waals surface area contributed by atoms with Crippen molar-refractivity contribution >= 4 is 28.2 Å². The van der Waals surface area contributed by atoms with Gasteiger partial charge in [-0.15, -0.1) is 0 Å². The molecule has 0 unspecified atom stereocenters. The van der Waals surface area contributed by atoms with Gasteiger partial charge in [0.15, 0.2) is 0 Å². The van der Waals surface area contributed by atoms with E-state index in [0.717, 1.165) is 16.6 Å². The van der Waals surface area contributed by atoms with Crippen LogP contribution in [0.25, 0.3) is 10.8 Å². The third kappa shape index (κ3) is 2.03. The molecule has 1 saturated heterocycles. The van der Waals surface area contributed by atoms with Gasteiger partial charge in [-0.2, -0.15) is 0 Å². The van der Waals surface area contributed by atoms with E-state index in [1.165, 1.54) is 5.56 Å². The van der Waals surface area contributed by atoms with Gasteiger partial charge in [-0.05, 0) is 29.9 Å². The average molecular weight is 292 g/mol. The normalized spacial score (nSPS) is 22.4. The Morgan fingerprint density at radius 2 is 2.05 bits per heavy atom. The fourth-order valence-corrected chi connectivity index (χ4v) is 2.83. The predicted molar refractivity (Wildman–Crippen MR) is 81.5 cm³/mol. The highest BCUT2D eigenvalue weighted by atomic mass is 35.5. The third-order valence-electron chi connectivity index (χ3n) is 4.07. The van der Waals surface area contributed by atoms with E-state index in [2.05, 4.69) is 28.7 Å². The Morgan fingerprint density at radius 3 is 2.65 bits per heavy atom. The second-order valence-corrected chi connectivity index (χ2v) is 6.09. The maximum Gasteiger partial charge on any atom is 0.138 e. The van der Waals surface area contributed by atoms with Gasteiger partial charge >= 0.3 is 0 Å². The molecule has 1 aliphatic rings. The minimum Gasteiger partial charge on any atom is -0.389 e. The van der Waals surface area contributed by atoms with Gasteiger partial charge < -0.3 is 10.0 Å². The molecular weight excluding hydrogens is 274 g/mol. The van der Waals surface area contributed by atoms with Crippen LogP contribution in [0.2, 0.25) is 5.15 Å². The SMILES string of the molecule is CC(C)c1cnc(N2C[C@@H](O)[C@H]2C)c2cnc(Cl)cc12. The number of hydrogen-bond donors (Lipinski definition) is 1. The molecule has 3 rings (SSSR count). The van der Waals surface area contributed by atoms with Crippen LogP contribution < -0.4 is 4.90 Å². The van der Waals surface area contributed by atoms with Gasteiger partial charge in [-0.1, -0.05) is 25.4 Å². The van der Waals surface area contributed by atoms with E-state index in [4.69, 9.17) is 11.6 Å². The molecule has 0 radical (unpaired) electrons. The van der Waals surface area contributed by atoms with Gasteiger partial charge in [0.1, 0.15) is 11.0 Å². The molecule has 1 aliphatic heterocycles. The number of nitrogens with zero attached hydrogens (tertiary/aromatic N) is 3. The van der Waals surface area contributed by atoms with Crippen LogP contribution in [0.4, 0.5) is 5.82 Å². The van der Waals surface area contributed by atoms with Crippen molar-refractivity contribution in [3.63, 3.8) is 0 Å². The minimum absolute atomic E-state index is 0.0891. The number of aliphatic hydroxyl groups is 1. The van der Waals surface area contributed by atoms with Gasteiger partial charge in [0.25, 0.3) is 0 Å². The predicted octanol–water partition coefficient (Wildman–Crippen LogP) is 2.98. The molecule has 106 valence electrons. The number of halogens is 1. The van der Waals surface area contributed by atoms with E-state index in [1.807, 2.05) is 19.2 Å². The number of aliphatic hydroxyl groups excluding tert-OH is 1. The zero-order chi connectivity index (χ0) is 14.4. The quantitative estimate of drug-likeness (QED) is 0.864. The molecule has 5 heteroatoms. The van der Waals surface area contributed by atoms with Crippen molar-refractivity contribution in [3.05, 3.63) is 29.2 Å². The van der Waals surface area contributed by atoms with Crippen LogP contribution in [0.5, 0.6) is 0 Å². The average Bonchev–Trinajstić information content (AvgIpc) is 2.42. The lowest BCUT2D eigenvalue weighted by Crippen LogP contribution is -2.59. The fraction of sp³-hybridized carbons (Fsp3) is 0.467. The first-order chi connectivity index (χ1) is 9.49. The molecule has 0 saturated carbocycles. The van der Waals surface area contributed by atoms with Crippen LogP contribution >= 0.6 is 11.6 Å². The Morgan fingerprint density at radius 1 is 1.30 bits per heavy atom. The zero-order valence-electron chi connectivity index (χ0n) is 11.8. The Labute approximate surface area is 123 Å². The number of anilines is 1. The van der Waals surface area contributed by atoms with Crippen LogP contribution in [-0.4, -0.2) is 33.8 Å². The Bertz CT molecular complexity index is 659. The van der Waals surface area contributed by atoms with E-state index >= 15 is 0 Å². The summed E-state index contributed by atoms with van der Waals surface area (Å²) in [6.07, 6.45) is 3.41. The van der Waals surface area contributed by atoms with Crippen LogP contribution in [0.3, 0.4) is 0 Å². The van der Waals surface area contributed by atoms with E-state index in [1.54, 1.807) is 6.20 Å². The molecular formula is C15H18ClN3O. The topological polar surface area (TPSA) is 49.2 Å². The van der Waals surface area contributed by atoms with Gasteiger partial charge in [-0.25, -0.2) is 9.97 Å². The Kier molecular flexibility index (Phi) is 3.30. The van der Waals surface area contributed by atoms with Crippen LogP contribution in [0.15, 0.2) is 18.5 Å². The van der Waals surface area contributed by atoms with Crippen molar-refractivity contribution in [1.82, 2.24) is 9.97 Å². The summed E-state index contributed by atoms with van der Waals surface area (Å²) in [5.74, 6) is 1.25. The summed E-state index contributed by atoms with van der Waals surface area (Å²) in [7, 11) is 0. The van der Waals surface area contributed by atoms with Gasteiger partial charge in [-0.3, -0.25) is 0 Å². The number of aromatic nitrogens is 2. The van der Waals surface area contributed by atoms with Crippen LogP contribution in [0, 0.1) is 0 Å². The molecule has 0 aromatic carbocycles. The number of fused-ring (bicyclic) bond motifs is 1. The summed E-state index contributed by atoms with van der Waals surface area (Å²) in [4.78, 5) is 10.9. The van der Waals surface area contributed by atoms with E-state index in [0.29, 0.717) is 17.6 Å². The minimum atomic E-state index is -0.281. The molecule has 4 nitrogen and oxygen atoms in total. The molecule has 3 heterocycles. The van der Waals surface area contributed by atoms with E-state index < -0.39 is 0 Å². The molecule has 2 atom stereocenters. The highest BCUT2D eigenvalue weighted by Crippen LogP contribution is 2.35. The first kappa shape index (κ1) is 13.6. The van der Waals surface area contributed by atoms with Gasteiger partial charge in [0.2, 0.25) is 0 Å². The molecule has 2 aromatic rings. The van der Waals surface area contributed by atoms with Crippen LogP contribution in [-0.2, 0) is 0 Å². The molecule has 0 amide bonds. The maximum atomic E-state index is 9.70. The lowest BCUT2D eigenvalue weighted by atomic mass is 9.97. The van der Waals surface area contributed by atoms with Crippen molar-refractivity contribution in [3.8, 4) is 0 Å². The van der Waals surface area contributed by atoms with Gasteiger partial charge in [0.05, 0.1) is 12.1 Å². The number of rotatable bonds is 2. The van der Waals surface area contributed by atoms with Crippen molar-refractivity contribution in [2.24, 2.45) is 0 Å². The zero-order valence-corrected chi connectivity index (χ0v) is 12.6. The molecule has 2 aromatic heterocycles. The second kappa shape index (κ2) is 4.86. The molecule has 1 fully saturated rings. The van der Waals surface area contributed by atoms with Crippen LogP contribution in [0.1, 0.15) is 32.3 Å². The summed E-state index contributed by atoms with van der Waals surface area (Å²) >= 11 is 6.04. The number of hydrogen-bond acceptors (Lipinski definition) is 4. The van der Waals surface area contributed by atoms with Crippen molar-refractivity contribution in [2.75, 3.05) is 11.4 Å². The molecule has 0 spiro atoms. The second-order valence-electron chi connectivity index (χ2n) is 5.70. The van der Waals surface area contributed by atoms with E-state index in [9.17, 15) is 5.11 Å². The van der Waals surface area contributed by atoms with Crippen molar-refractivity contribution in [1.29, 1.82) is 0 Å². The lowest BCUT2D eigenvalue weighted by molar-refractivity contribution is 0.0990. The highest BCUT2D eigenvalue weighted by molar-refractivity contribution is 6.30. The number of β-amino-alcohol motifs (C(OH)–C–C–N with tert-alkyl or cyclic N) is 1. The maximum absolute atomic E-state index is 9.70. The smallest absolute Gasteiger partial charge is 0.138 e. The summed E-state index contributed by atoms with van der Waals surface area (Å²) in [6.45, 7) is 6.90. The largest absolute Gasteiger partial charge is 0.389 e. The fourth-order valence-electron chi connectivity index (χ4n) is 2.68. The highest BCUT2D eigenvalue weighted by Gasteiger charge is 2.35. The van der Waals surface area contributed by atoms with Gasteiger partial charge in [0, 0.05) is 24.3 Å². The Balaban J connectivity index is 2.18. The summed E-state index contributed by atoms with van der Waals surface area (Å²) < 4.78 is 0. The summed E-state index contributed by atoms with van der Waals surface area (Å²) in [6, 6.07) is 1.99. The summed E-state index contributed by atoms with van der Waals surface area (Å²) in [5, 5.41) is 12.3. The number of pyridine rings is 2. The first-order valence-corrected chi connectivity index (χ1v) is 7.25.